The van der Waals surface area contributed by atoms with Crippen LogP contribution in [0.5, 0.6) is 5.75 Å². The topological polar surface area (TPSA) is 75.9 Å². The van der Waals surface area contributed by atoms with Gasteiger partial charge >= 0.3 is 12.3 Å². The van der Waals surface area contributed by atoms with Crippen molar-refractivity contribution in [2.24, 2.45) is 0 Å². The molecule has 2 heterocycles. The van der Waals surface area contributed by atoms with Gasteiger partial charge in [-0.3, -0.25) is 4.40 Å². The van der Waals surface area contributed by atoms with Crippen LogP contribution in [-0.2, 0) is 0 Å². The zero-order valence-electron chi connectivity index (χ0n) is 13.4. The fraction of sp³-hybridized carbons (Fsp3) is 0.333. The van der Waals surface area contributed by atoms with Crippen LogP contribution in [-0.4, -0.2) is 32.4 Å². The highest BCUT2D eigenvalue weighted by Crippen LogP contribution is 2.35. The molecule has 0 saturated carbocycles. The molecule has 2 aromatic heterocycles. The summed E-state index contributed by atoms with van der Waals surface area (Å²) in [6.45, 7) is 5.59. The van der Waals surface area contributed by atoms with Crippen molar-refractivity contribution in [3.63, 3.8) is 0 Å². The number of halogens is 3. The smallest absolute Gasteiger partial charge is 0.476 e. The molecular formula is C15H14F3N3O3S. The third-order valence-electron chi connectivity index (χ3n) is 3.15. The van der Waals surface area contributed by atoms with Crippen molar-refractivity contribution in [2.75, 3.05) is 5.32 Å². The fourth-order valence-electron chi connectivity index (χ4n) is 2.37. The third kappa shape index (κ3) is 3.48. The zero-order valence-corrected chi connectivity index (χ0v) is 14.2. The van der Waals surface area contributed by atoms with Crippen molar-refractivity contribution in [2.45, 2.75) is 32.7 Å². The van der Waals surface area contributed by atoms with E-state index in [9.17, 15) is 23.1 Å². The Bertz CT molecular complexity index is 970. The Labute approximate surface area is 143 Å². The molecule has 0 saturated heterocycles. The molecule has 0 aliphatic heterocycles. The van der Waals surface area contributed by atoms with Crippen molar-refractivity contribution in [1.82, 2.24) is 9.38 Å². The first-order valence-corrected chi connectivity index (χ1v) is 7.98. The Morgan fingerprint density at radius 1 is 1.32 bits per heavy atom. The molecule has 0 radical (unpaired) electrons. The first-order valence-electron chi connectivity index (χ1n) is 7.17. The Hall–Kier alpha value is -2.49. The van der Waals surface area contributed by atoms with Gasteiger partial charge in [0, 0.05) is 5.54 Å². The molecule has 134 valence electrons. The van der Waals surface area contributed by atoms with E-state index in [1.165, 1.54) is 18.2 Å². The van der Waals surface area contributed by atoms with Gasteiger partial charge in [0.15, 0.2) is 10.7 Å². The fourth-order valence-corrected chi connectivity index (χ4v) is 3.42. The minimum atomic E-state index is -4.78. The molecule has 0 unspecified atom stereocenters. The van der Waals surface area contributed by atoms with Crippen molar-refractivity contribution >= 4 is 38.3 Å². The van der Waals surface area contributed by atoms with Crippen LogP contribution in [0.4, 0.5) is 19.0 Å². The van der Waals surface area contributed by atoms with Crippen molar-refractivity contribution in [3.05, 3.63) is 23.9 Å². The molecule has 25 heavy (non-hydrogen) atoms. The summed E-state index contributed by atoms with van der Waals surface area (Å²) in [5.74, 6) is -1.24. The lowest BCUT2D eigenvalue weighted by Crippen LogP contribution is -2.28. The van der Waals surface area contributed by atoms with Crippen LogP contribution in [0.1, 0.15) is 31.3 Å². The minimum absolute atomic E-state index is 0.140. The van der Waals surface area contributed by atoms with E-state index >= 15 is 0 Å². The van der Waals surface area contributed by atoms with E-state index in [4.69, 9.17) is 0 Å². The van der Waals surface area contributed by atoms with Crippen LogP contribution in [0.2, 0.25) is 0 Å². The highest BCUT2D eigenvalue weighted by molar-refractivity contribution is 7.23. The number of carbonyl (C=O) groups is 1. The maximum Gasteiger partial charge on any atom is 0.573 e. The highest BCUT2D eigenvalue weighted by Gasteiger charge is 2.31. The Balaban J connectivity index is 2.19. The summed E-state index contributed by atoms with van der Waals surface area (Å²) in [4.78, 5) is 15.9. The van der Waals surface area contributed by atoms with Crippen molar-refractivity contribution < 1.29 is 27.8 Å². The number of thiazole rings is 1. The Morgan fingerprint density at radius 3 is 2.56 bits per heavy atom. The van der Waals surface area contributed by atoms with Gasteiger partial charge in [0.2, 0.25) is 0 Å². The summed E-state index contributed by atoms with van der Waals surface area (Å²) in [6, 6.07) is 3.88. The van der Waals surface area contributed by atoms with Gasteiger partial charge in [0.05, 0.1) is 10.2 Å². The quantitative estimate of drug-likeness (QED) is 0.714. The first-order chi connectivity index (χ1) is 11.4. The van der Waals surface area contributed by atoms with E-state index in [0.717, 1.165) is 11.3 Å². The SMILES string of the molecule is CC(C)(C)Nc1c(C(=O)O)nc2sc3cc(OC(F)(F)F)ccc3n12. The average molecular weight is 373 g/mol. The van der Waals surface area contributed by atoms with E-state index in [2.05, 4.69) is 15.0 Å². The second-order valence-corrected chi connectivity index (χ2v) is 7.40. The predicted octanol–water partition coefficient (Wildman–Crippen LogP) is 4.36. The molecule has 10 heteroatoms. The molecule has 3 rings (SSSR count). The number of alkyl halides is 3. The number of aromatic carboxylic acids is 1. The van der Waals surface area contributed by atoms with Crippen LogP contribution < -0.4 is 10.1 Å². The summed E-state index contributed by atoms with van der Waals surface area (Å²) in [7, 11) is 0. The standard InChI is InChI=1S/C15H14F3N3O3S/c1-14(2,3)20-11-10(12(22)23)19-13-21(11)8-5-4-7(6-9(8)25-13)24-15(16,17)18/h4-6,20H,1-3H3,(H,22,23). The molecule has 0 amide bonds. The van der Waals surface area contributed by atoms with E-state index in [1.807, 2.05) is 20.8 Å². The van der Waals surface area contributed by atoms with E-state index in [1.54, 1.807) is 4.40 Å². The highest BCUT2D eigenvalue weighted by atomic mass is 32.1. The van der Waals surface area contributed by atoms with Crippen LogP contribution in [0.25, 0.3) is 15.2 Å². The predicted molar refractivity (Wildman–Crippen MR) is 87.6 cm³/mol. The number of aromatic nitrogens is 2. The third-order valence-corrected chi connectivity index (χ3v) is 4.15. The van der Waals surface area contributed by atoms with Gasteiger partial charge in [0.1, 0.15) is 11.6 Å². The molecule has 0 bridgehead atoms. The number of fused-ring (bicyclic) bond motifs is 3. The second-order valence-electron chi connectivity index (χ2n) is 6.39. The number of ether oxygens (including phenoxy) is 1. The normalized spacial score (nSPS) is 12.7. The molecule has 3 aromatic rings. The van der Waals surface area contributed by atoms with Gasteiger partial charge in [-0.2, -0.15) is 0 Å². The average Bonchev–Trinajstić information content (AvgIpc) is 2.91. The van der Waals surface area contributed by atoms with Crippen molar-refractivity contribution in [1.29, 1.82) is 0 Å². The zero-order chi connectivity index (χ0) is 18.6. The van der Waals surface area contributed by atoms with Gasteiger partial charge in [-0.25, -0.2) is 9.78 Å². The number of hydrogen-bond acceptors (Lipinski definition) is 5. The van der Waals surface area contributed by atoms with E-state index in [-0.39, 0.29) is 17.3 Å². The lowest BCUT2D eigenvalue weighted by molar-refractivity contribution is -0.274. The number of nitrogens with zero attached hydrogens (tertiary/aromatic N) is 2. The number of hydrogen-bond donors (Lipinski definition) is 2. The summed E-state index contributed by atoms with van der Waals surface area (Å²) < 4.78 is 43.1. The largest absolute Gasteiger partial charge is 0.573 e. The van der Waals surface area contributed by atoms with E-state index in [0.29, 0.717) is 15.2 Å². The lowest BCUT2D eigenvalue weighted by Gasteiger charge is -2.21. The van der Waals surface area contributed by atoms with Gasteiger partial charge < -0.3 is 15.2 Å². The second kappa shape index (κ2) is 5.51. The number of imidazole rings is 1. The first kappa shape index (κ1) is 17.3. The number of nitrogens with one attached hydrogen (secondary N) is 1. The molecule has 0 atom stereocenters. The number of carboxylic acid groups (broad SMARTS) is 1. The Kier molecular flexibility index (Phi) is 3.82. The number of anilines is 1. The molecule has 0 fully saturated rings. The summed E-state index contributed by atoms with van der Waals surface area (Å²) in [6.07, 6.45) is -4.78. The summed E-state index contributed by atoms with van der Waals surface area (Å²) in [5, 5.41) is 12.5. The van der Waals surface area contributed by atoms with E-state index < -0.39 is 17.9 Å². The van der Waals surface area contributed by atoms with Gasteiger partial charge in [-0.15, -0.1) is 13.2 Å². The lowest BCUT2D eigenvalue weighted by atomic mass is 10.1. The monoisotopic (exact) mass is 373 g/mol. The van der Waals surface area contributed by atoms with Crippen LogP contribution in [0.15, 0.2) is 18.2 Å². The molecule has 0 aliphatic carbocycles. The van der Waals surface area contributed by atoms with Gasteiger partial charge in [0.25, 0.3) is 0 Å². The van der Waals surface area contributed by atoms with Gasteiger partial charge in [-0.05, 0) is 39.0 Å². The summed E-state index contributed by atoms with van der Waals surface area (Å²) >= 11 is 1.08. The number of rotatable bonds is 3. The Morgan fingerprint density at radius 2 is 2.00 bits per heavy atom. The van der Waals surface area contributed by atoms with Crippen molar-refractivity contribution in [3.8, 4) is 5.75 Å². The van der Waals surface area contributed by atoms with Gasteiger partial charge in [-0.1, -0.05) is 11.3 Å². The van der Waals surface area contributed by atoms with Crippen LogP contribution >= 0.6 is 11.3 Å². The molecular weight excluding hydrogens is 359 g/mol. The molecule has 1 aromatic carbocycles. The maximum atomic E-state index is 12.4. The number of carboxylic acids is 1. The van der Waals surface area contributed by atoms with Crippen LogP contribution in [0, 0.1) is 0 Å². The minimum Gasteiger partial charge on any atom is -0.476 e. The molecule has 6 nitrogen and oxygen atoms in total. The number of benzene rings is 1. The molecule has 0 aliphatic rings. The maximum absolute atomic E-state index is 12.4. The summed E-state index contributed by atoms with van der Waals surface area (Å²) in [5.41, 5.74) is -0.0340. The molecule has 2 N–H and O–H groups in total. The molecule has 0 spiro atoms. The van der Waals surface area contributed by atoms with Crippen LogP contribution in [0.3, 0.4) is 0 Å².